The van der Waals surface area contributed by atoms with Crippen LogP contribution in [0.5, 0.6) is 0 Å². The summed E-state index contributed by atoms with van der Waals surface area (Å²) in [6.45, 7) is 2.03. The summed E-state index contributed by atoms with van der Waals surface area (Å²) in [6.07, 6.45) is 0.192. The number of carbonyl (C=O) groups is 4. The number of carboxylic acids is 1. The summed E-state index contributed by atoms with van der Waals surface area (Å²) in [5.41, 5.74) is 6.87. The zero-order valence-electron chi connectivity index (χ0n) is 18.8. The highest BCUT2D eigenvalue weighted by Gasteiger charge is 2.38. The third-order valence-electron chi connectivity index (χ3n) is 6.23. The summed E-state index contributed by atoms with van der Waals surface area (Å²) >= 11 is 0. The number of rotatable bonds is 8. The van der Waals surface area contributed by atoms with Crippen molar-refractivity contribution in [3.8, 4) is 11.1 Å². The lowest BCUT2D eigenvalue weighted by Gasteiger charge is -2.21. The third kappa shape index (κ3) is 4.88. The number of alkyl carbamates (subject to hydrolysis) is 1. The summed E-state index contributed by atoms with van der Waals surface area (Å²) in [7, 11) is 0. The number of carboxylic acid groups (broad SMARTS) is 1. The monoisotopic (exact) mass is 465 g/mol. The van der Waals surface area contributed by atoms with Crippen molar-refractivity contribution in [1.29, 1.82) is 0 Å². The first-order chi connectivity index (χ1) is 16.3. The Morgan fingerprint density at radius 1 is 1.12 bits per heavy atom. The van der Waals surface area contributed by atoms with Crippen LogP contribution in [0.3, 0.4) is 0 Å². The smallest absolute Gasteiger partial charge is 0.407 e. The maximum Gasteiger partial charge on any atom is 0.407 e. The number of nitrogens with zero attached hydrogens (tertiary/aromatic N) is 1. The number of benzene rings is 2. The molecule has 2 unspecified atom stereocenters. The molecule has 4 rings (SSSR count). The number of aliphatic carboxylic acids is 1. The number of nitrogens with one attached hydrogen (secondary N) is 2. The van der Waals surface area contributed by atoms with Crippen LogP contribution in [0, 0.1) is 0 Å². The minimum atomic E-state index is -1.23. The SMILES string of the molecule is CC(CCCC(=O)N1NC(=O)CC1C(=O)O)NC(=O)OCC1c2ccccc2-c2ccccc21. The van der Waals surface area contributed by atoms with E-state index >= 15 is 0 Å². The van der Waals surface area contributed by atoms with E-state index in [4.69, 9.17) is 9.84 Å². The van der Waals surface area contributed by atoms with Crippen molar-refractivity contribution in [2.45, 2.75) is 50.6 Å². The Hall–Kier alpha value is -3.88. The lowest BCUT2D eigenvalue weighted by Crippen LogP contribution is -2.46. The van der Waals surface area contributed by atoms with Gasteiger partial charge in [-0.3, -0.25) is 15.0 Å². The van der Waals surface area contributed by atoms with E-state index < -0.39 is 29.9 Å². The lowest BCUT2D eigenvalue weighted by molar-refractivity contribution is -0.150. The Morgan fingerprint density at radius 2 is 1.74 bits per heavy atom. The molecule has 3 amide bonds. The second kappa shape index (κ2) is 9.94. The average Bonchev–Trinajstić information content (AvgIpc) is 3.36. The van der Waals surface area contributed by atoms with Gasteiger partial charge in [0.15, 0.2) is 6.04 Å². The maximum atomic E-state index is 12.4. The van der Waals surface area contributed by atoms with Crippen LogP contribution in [0.2, 0.25) is 0 Å². The first kappa shape index (κ1) is 23.3. The molecule has 1 aliphatic heterocycles. The number of hydrogen-bond acceptors (Lipinski definition) is 5. The molecule has 0 saturated carbocycles. The van der Waals surface area contributed by atoms with Crippen molar-refractivity contribution >= 4 is 23.9 Å². The molecule has 3 N–H and O–H groups in total. The van der Waals surface area contributed by atoms with Gasteiger partial charge in [0.1, 0.15) is 6.61 Å². The van der Waals surface area contributed by atoms with Gasteiger partial charge in [-0.25, -0.2) is 14.6 Å². The molecule has 0 bridgehead atoms. The van der Waals surface area contributed by atoms with Gasteiger partial charge in [0.2, 0.25) is 11.8 Å². The molecule has 1 aliphatic carbocycles. The van der Waals surface area contributed by atoms with Gasteiger partial charge in [-0.1, -0.05) is 48.5 Å². The molecule has 2 atom stereocenters. The predicted molar refractivity (Wildman–Crippen MR) is 123 cm³/mol. The normalized spacial score (nSPS) is 17.5. The molecule has 9 nitrogen and oxygen atoms in total. The molecule has 34 heavy (non-hydrogen) atoms. The fraction of sp³-hybridized carbons (Fsp3) is 0.360. The molecule has 2 aliphatic rings. The molecule has 0 radical (unpaired) electrons. The number of fused-ring (bicyclic) bond motifs is 3. The van der Waals surface area contributed by atoms with E-state index in [-0.39, 0.29) is 31.4 Å². The Bertz CT molecular complexity index is 1070. The number of amides is 3. The average molecular weight is 466 g/mol. The van der Waals surface area contributed by atoms with Crippen LogP contribution >= 0.6 is 0 Å². The molecular weight excluding hydrogens is 438 g/mol. The summed E-state index contributed by atoms with van der Waals surface area (Å²) in [5.74, 6) is -2.21. The number of carbonyl (C=O) groups excluding carboxylic acids is 3. The molecule has 1 heterocycles. The zero-order valence-corrected chi connectivity index (χ0v) is 18.8. The van der Waals surface area contributed by atoms with Gasteiger partial charge in [-0.05, 0) is 42.0 Å². The Kier molecular flexibility index (Phi) is 6.81. The minimum absolute atomic E-state index is 0.0241. The van der Waals surface area contributed by atoms with E-state index in [0.29, 0.717) is 12.8 Å². The highest BCUT2D eigenvalue weighted by atomic mass is 16.5. The summed E-state index contributed by atoms with van der Waals surface area (Å²) in [5, 5.41) is 12.8. The summed E-state index contributed by atoms with van der Waals surface area (Å²) in [6, 6.07) is 14.8. The zero-order chi connectivity index (χ0) is 24.2. The van der Waals surface area contributed by atoms with Crippen molar-refractivity contribution in [1.82, 2.24) is 15.8 Å². The highest BCUT2D eigenvalue weighted by molar-refractivity contribution is 5.93. The largest absolute Gasteiger partial charge is 0.480 e. The molecule has 0 aromatic heterocycles. The lowest BCUT2D eigenvalue weighted by atomic mass is 9.98. The first-order valence-corrected chi connectivity index (χ1v) is 11.3. The molecule has 1 saturated heterocycles. The molecule has 9 heteroatoms. The van der Waals surface area contributed by atoms with E-state index in [9.17, 15) is 19.2 Å². The number of hydrazine groups is 1. The van der Waals surface area contributed by atoms with Crippen LogP contribution in [-0.4, -0.2) is 52.7 Å². The van der Waals surface area contributed by atoms with Gasteiger partial charge in [-0.2, -0.15) is 0 Å². The molecule has 2 aromatic carbocycles. The van der Waals surface area contributed by atoms with Gasteiger partial charge >= 0.3 is 12.1 Å². The predicted octanol–water partition coefficient (Wildman–Crippen LogP) is 2.80. The standard InChI is InChI=1S/C25H27N3O6/c1-15(7-6-12-23(30)28-21(24(31)32)13-22(29)27-28)26-25(33)34-14-20-18-10-4-2-8-16(18)17-9-3-5-11-19(17)20/h2-5,8-11,15,20-21H,6-7,12-14H2,1H3,(H,26,33)(H,27,29)(H,31,32). The van der Waals surface area contributed by atoms with Crippen molar-refractivity contribution < 1.29 is 29.0 Å². The summed E-state index contributed by atoms with van der Waals surface area (Å²) < 4.78 is 5.53. The summed E-state index contributed by atoms with van der Waals surface area (Å²) in [4.78, 5) is 47.3. The van der Waals surface area contributed by atoms with Crippen molar-refractivity contribution in [3.63, 3.8) is 0 Å². The second-order valence-corrected chi connectivity index (χ2v) is 8.62. The first-order valence-electron chi connectivity index (χ1n) is 11.3. The van der Waals surface area contributed by atoms with Crippen molar-refractivity contribution in [3.05, 3.63) is 59.7 Å². The quantitative estimate of drug-likeness (QED) is 0.551. The highest BCUT2D eigenvalue weighted by Crippen LogP contribution is 2.44. The van der Waals surface area contributed by atoms with Crippen molar-refractivity contribution in [2.75, 3.05) is 6.61 Å². The van der Waals surface area contributed by atoms with E-state index in [1.165, 1.54) is 0 Å². The Labute approximate surface area is 197 Å². The van der Waals surface area contributed by atoms with Crippen molar-refractivity contribution in [2.24, 2.45) is 0 Å². The fourth-order valence-electron chi connectivity index (χ4n) is 4.55. The Balaban J connectivity index is 1.23. The fourth-order valence-corrected chi connectivity index (χ4v) is 4.55. The molecule has 1 fully saturated rings. The van der Waals surface area contributed by atoms with E-state index in [0.717, 1.165) is 27.3 Å². The van der Waals surface area contributed by atoms with E-state index in [1.807, 2.05) is 31.2 Å². The molecule has 0 spiro atoms. The van der Waals surface area contributed by atoms with Crippen LogP contribution in [0.4, 0.5) is 4.79 Å². The van der Waals surface area contributed by atoms with E-state index in [1.54, 1.807) is 0 Å². The second-order valence-electron chi connectivity index (χ2n) is 8.62. The maximum absolute atomic E-state index is 12.4. The van der Waals surface area contributed by atoms with Gasteiger partial charge in [0.25, 0.3) is 0 Å². The number of ether oxygens (including phenoxy) is 1. The molecular formula is C25H27N3O6. The minimum Gasteiger partial charge on any atom is -0.480 e. The van der Waals surface area contributed by atoms with Gasteiger partial charge in [0.05, 0.1) is 6.42 Å². The van der Waals surface area contributed by atoms with Crippen LogP contribution in [0.1, 0.15) is 49.7 Å². The number of hydrogen-bond donors (Lipinski definition) is 3. The Morgan fingerprint density at radius 3 is 2.35 bits per heavy atom. The van der Waals surface area contributed by atoms with Crippen LogP contribution < -0.4 is 10.7 Å². The van der Waals surface area contributed by atoms with Gasteiger partial charge in [0, 0.05) is 18.4 Å². The molecule has 178 valence electrons. The third-order valence-corrected chi connectivity index (χ3v) is 6.23. The van der Waals surface area contributed by atoms with Crippen LogP contribution in [0.15, 0.2) is 48.5 Å². The van der Waals surface area contributed by atoms with E-state index in [2.05, 4.69) is 35.0 Å². The van der Waals surface area contributed by atoms with Crippen LogP contribution in [-0.2, 0) is 19.1 Å². The van der Waals surface area contributed by atoms with Gasteiger partial charge < -0.3 is 15.2 Å². The topological polar surface area (TPSA) is 125 Å². The van der Waals surface area contributed by atoms with Gasteiger partial charge in [-0.15, -0.1) is 0 Å². The van der Waals surface area contributed by atoms with Crippen LogP contribution in [0.25, 0.3) is 11.1 Å². The molecule has 2 aromatic rings.